The van der Waals surface area contributed by atoms with E-state index >= 15 is 0 Å². The van der Waals surface area contributed by atoms with Crippen molar-refractivity contribution < 1.29 is 14.8 Å². The Bertz CT molecular complexity index is 683. The molecule has 102 valence electrons. The van der Waals surface area contributed by atoms with Crippen LogP contribution in [0.15, 0.2) is 42.5 Å². The van der Waals surface area contributed by atoms with Crippen LogP contribution in [0, 0.1) is 17.0 Å². The molecule has 0 spiro atoms. The summed E-state index contributed by atoms with van der Waals surface area (Å²) in [6, 6.07) is 10.5. The molecule has 0 saturated carbocycles. The number of nitrogens with zero attached hydrogens (tertiary/aromatic N) is 1. The van der Waals surface area contributed by atoms with Crippen LogP contribution in [-0.2, 0) is 0 Å². The molecule has 0 saturated heterocycles. The van der Waals surface area contributed by atoms with Crippen LogP contribution in [0.5, 0.6) is 5.75 Å². The largest absolute Gasteiger partial charge is 0.508 e. The average Bonchev–Trinajstić information content (AvgIpc) is 2.37. The Morgan fingerprint density at radius 3 is 2.60 bits per heavy atom. The lowest BCUT2D eigenvalue weighted by Crippen LogP contribution is -2.14. The van der Waals surface area contributed by atoms with Crippen LogP contribution in [0.25, 0.3) is 0 Å². The van der Waals surface area contributed by atoms with Crippen molar-refractivity contribution in [1.82, 2.24) is 0 Å². The van der Waals surface area contributed by atoms with E-state index in [0.29, 0.717) is 11.3 Å². The quantitative estimate of drug-likeness (QED) is 0.663. The van der Waals surface area contributed by atoms with Gasteiger partial charge in [0.1, 0.15) is 11.3 Å². The van der Waals surface area contributed by atoms with E-state index in [1.807, 2.05) is 0 Å². The fraction of sp³-hybridized carbons (Fsp3) is 0.0714. The van der Waals surface area contributed by atoms with Crippen LogP contribution in [0.4, 0.5) is 11.4 Å². The first-order chi connectivity index (χ1) is 9.49. The number of aryl methyl sites for hydroxylation is 1. The Morgan fingerprint density at radius 2 is 1.95 bits per heavy atom. The third-order valence-corrected chi connectivity index (χ3v) is 2.77. The Labute approximate surface area is 114 Å². The molecule has 0 radical (unpaired) electrons. The van der Waals surface area contributed by atoms with Gasteiger partial charge in [-0.15, -0.1) is 0 Å². The van der Waals surface area contributed by atoms with Gasteiger partial charge in [-0.2, -0.15) is 0 Å². The summed E-state index contributed by atoms with van der Waals surface area (Å²) in [6.45, 7) is 1.57. The zero-order valence-electron chi connectivity index (χ0n) is 10.7. The molecule has 0 heterocycles. The summed E-state index contributed by atoms with van der Waals surface area (Å²) in [7, 11) is 0. The average molecular weight is 272 g/mol. The molecule has 2 aromatic carbocycles. The predicted molar refractivity (Wildman–Crippen MR) is 73.9 cm³/mol. The van der Waals surface area contributed by atoms with Crippen molar-refractivity contribution in [3.8, 4) is 5.75 Å². The minimum Gasteiger partial charge on any atom is -0.508 e. The molecule has 2 rings (SSSR count). The number of para-hydroxylation sites is 1. The minimum absolute atomic E-state index is 0.00143. The highest BCUT2D eigenvalue weighted by Crippen LogP contribution is 2.24. The van der Waals surface area contributed by atoms with Crippen molar-refractivity contribution in [1.29, 1.82) is 0 Å². The summed E-state index contributed by atoms with van der Waals surface area (Å²) in [5, 5.41) is 22.9. The van der Waals surface area contributed by atoms with E-state index < -0.39 is 10.8 Å². The molecule has 0 aliphatic carbocycles. The van der Waals surface area contributed by atoms with Crippen molar-refractivity contribution in [3.05, 3.63) is 63.7 Å². The molecule has 6 nitrogen and oxygen atoms in total. The van der Waals surface area contributed by atoms with Crippen LogP contribution in [0.1, 0.15) is 15.9 Å². The van der Waals surface area contributed by atoms with E-state index in [1.54, 1.807) is 31.2 Å². The summed E-state index contributed by atoms with van der Waals surface area (Å²) < 4.78 is 0. The van der Waals surface area contributed by atoms with Gasteiger partial charge >= 0.3 is 0 Å². The summed E-state index contributed by atoms with van der Waals surface area (Å²) in [5.41, 5.74) is 0.549. The number of nitrogens with one attached hydrogen (secondary N) is 1. The van der Waals surface area contributed by atoms with Gasteiger partial charge in [-0.1, -0.05) is 18.2 Å². The highest BCUT2D eigenvalue weighted by molar-refractivity contribution is 6.07. The van der Waals surface area contributed by atoms with Gasteiger partial charge in [0.05, 0.1) is 4.92 Å². The summed E-state index contributed by atoms with van der Waals surface area (Å²) in [5.74, 6) is -0.590. The number of anilines is 1. The fourth-order valence-corrected chi connectivity index (χ4v) is 1.87. The van der Waals surface area contributed by atoms with Gasteiger partial charge in [0.25, 0.3) is 11.6 Å². The molecule has 1 amide bonds. The monoisotopic (exact) mass is 272 g/mol. The number of hydrogen-bond donors (Lipinski definition) is 2. The lowest BCUT2D eigenvalue weighted by Gasteiger charge is -2.07. The van der Waals surface area contributed by atoms with E-state index in [0.717, 1.165) is 0 Å². The molecule has 0 unspecified atom stereocenters. The zero-order valence-corrected chi connectivity index (χ0v) is 10.7. The molecular weight excluding hydrogens is 260 g/mol. The first kappa shape index (κ1) is 13.5. The molecule has 20 heavy (non-hydrogen) atoms. The van der Waals surface area contributed by atoms with E-state index in [4.69, 9.17) is 0 Å². The van der Waals surface area contributed by atoms with Crippen molar-refractivity contribution in [2.75, 3.05) is 5.32 Å². The van der Waals surface area contributed by atoms with Crippen LogP contribution < -0.4 is 5.32 Å². The van der Waals surface area contributed by atoms with Crippen molar-refractivity contribution in [2.24, 2.45) is 0 Å². The lowest BCUT2D eigenvalue weighted by molar-refractivity contribution is -0.385. The molecular formula is C14H12N2O4. The van der Waals surface area contributed by atoms with Crippen molar-refractivity contribution >= 4 is 17.3 Å². The van der Waals surface area contributed by atoms with E-state index in [2.05, 4.69) is 5.32 Å². The van der Waals surface area contributed by atoms with Crippen LogP contribution in [0.2, 0.25) is 0 Å². The van der Waals surface area contributed by atoms with Crippen LogP contribution in [-0.4, -0.2) is 15.9 Å². The lowest BCUT2D eigenvalue weighted by atomic mass is 10.1. The Kier molecular flexibility index (Phi) is 3.65. The number of benzene rings is 2. The second-order valence-corrected chi connectivity index (χ2v) is 4.23. The smallest absolute Gasteiger partial charge is 0.285 e. The summed E-state index contributed by atoms with van der Waals surface area (Å²) >= 11 is 0. The minimum atomic E-state index is -0.592. The van der Waals surface area contributed by atoms with Gasteiger partial charge in [-0.05, 0) is 25.1 Å². The Balaban J connectivity index is 2.35. The van der Waals surface area contributed by atoms with Crippen LogP contribution >= 0.6 is 0 Å². The first-order valence-corrected chi connectivity index (χ1v) is 5.83. The van der Waals surface area contributed by atoms with Crippen molar-refractivity contribution in [2.45, 2.75) is 6.92 Å². The maximum Gasteiger partial charge on any atom is 0.285 e. The third kappa shape index (κ3) is 2.74. The molecule has 0 aromatic heterocycles. The number of phenols is 1. The number of carbonyl (C=O) groups excluding carboxylic acids is 1. The first-order valence-electron chi connectivity index (χ1n) is 5.83. The van der Waals surface area contributed by atoms with Gasteiger partial charge in [0.2, 0.25) is 0 Å². The van der Waals surface area contributed by atoms with Gasteiger partial charge < -0.3 is 10.4 Å². The van der Waals surface area contributed by atoms with E-state index in [1.165, 1.54) is 18.2 Å². The summed E-state index contributed by atoms with van der Waals surface area (Å²) in [4.78, 5) is 22.6. The van der Waals surface area contributed by atoms with Crippen molar-refractivity contribution in [3.63, 3.8) is 0 Å². The van der Waals surface area contributed by atoms with E-state index in [9.17, 15) is 20.0 Å². The van der Waals surface area contributed by atoms with Crippen LogP contribution in [0.3, 0.4) is 0 Å². The molecule has 0 bridgehead atoms. The number of aromatic hydroxyl groups is 1. The SMILES string of the molecule is Cc1cccc(C(=O)Nc2cccc(O)c2)c1[N+](=O)[O-]. The number of rotatable bonds is 3. The molecule has 2 N–H and O–H groups in total. The number of nitro groups is 1. The van der Waals surface area contributed by atoms with Gasteiger partial charge in [0.15, 0.2) is 0 Å². The molecule has 6 heteroatoms. The number of nitro benzene ring substituents is 1. The Morgan fingerprint density at radius 1 is 1.25 bits per heavy atom. The van der Waals surface area contributed by atoms with E-state index in [-0.39, 0.29) is 17.0 Å². The predicted octanol–water partition coefficient (Wildman–Crippen LogP) is 2.86. The maximum absolute atomic E-state index is 12.1. The molecule has 0 fully saturated rings. The van der Waals surface area contributed by atoms with Gasteiger partial charge in [-0.25, -0.2) is 0 Å². The Hall–Kier alpha value is -2.89. The number of phenolic OH excluding ortho intramolecular Hbond substituents is 1. The third-order valence-electron chi connectivity index (χ3n) is 2.77. The maximum atomic E-state index is 12.1. The fourth-order valence-electron chi connectivity index (χ4n) is 1.87. The highest BCUT2D eigenvalue weighted by Gasteiger charge is 2.22. The number of hydrogen-bond acceptors (Lipinski definition) is 4. The second kappa shape index (κ2) is 5.40. The second-order valence-electron chi connectivity index (χ2n) is 4.23. The van der Waals surface area contributed by atoms with Gasteiger partial charge in [0, 0.05) is 17.3 Å². The number of amides is 1. The standard InChI is InChI=1S/C14H12N2O4/c1-9-4-2-7-12(13(9)16(19)20)14(18)15-10-5-3-6-11(17)8-10/h2-8,17H,1H3,(H,15,18). The topological polar surface area (TPSA) is 92.5 Å². The summed E-state index contributed by atoms with van der Waals surface area (Å²) in [6.07, 6.45) is 0. The zero-order chi connectivity index (χ0) is 14.7. The normalized spacial score (nSPS) is 10.1. The molecule has 0 atom stereocenters. The molecule has 0 aliphatic rings. The molecule has 0 aliphatic heterocycles. The van der Waals surface area contributed by atoms with Gasteiger partial charge in [-0.3, -0.25) is 14.9 Å². The highest BCUT2D eigenvalue weighted by atomic mass is 16.6. The number of carbonyl (C=O) groups is 1. The molecule has 2 aromatic rings.